The summed E-state index contributed by atoms with van der Waals surface area (Å²) in [5, 5.41) is -0.603. The normalized spacial score (nSPS) is 29.4. The van der Waals surface area contributed by atoms with Gasteiger partial charge in [0, 0.05) is 30.7 Å². The molecular formula is C14H20FNO3S. The minimum atomic E-state index is -3.27. The first-order chi connectivity index (χ1) is 9.36. The molecule has 112 valence electrons. The van der Waals surface area contributed by atoms with Crippen LogP contribution in [0.3, 0.4) is 0 Å². The van der Waals surface area contributed by atoms with Gasteiger partial charge in [-0.3, -0.25) is 0 Å². The van der Waals surface area contributed by atoms with Gasteiger partial charge in [0.15, 0.2) is 9.84 Å². The second-order valence-electron chi connectivity index (χ2n) is 5.36. The summed E-state index contributed by atoms with van der Waals surface area (Å²) in [6.07, 6.45) is 1.20. The number of sulfone groups is 1. The van der Waals surface area contributed by atoms with Gasteiger partial charge in [0.05, 0.1) is 11.9 Å². The van der Waals surface area contributed by atoms with Crippen molar-refractivity contribution in [2.75, 3.05) is 26.0 Å². The van der Waals surface area contributed by atoms with E-state index in [9.17, 15) is 12.8 Å². The summed E-state index contributed by atoms with van der Waals surface area (Å²) in [5.41, 5.74) is 5.85. The van der Waals surface area contributed by atoms with Crippen LogP contribution in [0.2, 0.25) is 0 Å². The van der Waals surface area contributed by atoms with Crippen molar-refractivity contribution < 1.29 is 17.5 Å². The molecule has 4 nitrogen and oxygen atoms in total. The molecule has 2 N–H and O–H groups in total. The van der Waals surface area contributed by atoms with Crippen LogP contribution in [0, 0.1) is 11.2 Å². The van der Waals surface area contributed by atoms with Gasteiger partial charge < -0.3 is 10.5 Å². The first kappa shape index (κ1) is 15.4. The standard InChI is InChI=1S/C14H20FNO3S/c1-3-19-9-14(8-16)12(13(14)20(2,17)18)10-5-4-6-11(15)7-10/h4-7,12-13H,3,8-9,16H2,1-2H3/t12-,13-,14-/m0/s1. The maximum absolute atomic E-state index is 13.4. The van der Waals surface area contributed by atoms with E-state index in [0.29, 0.717) is 12.2 Å². The zero-order valence-corrected chi connectivity index (χ0v) is 12.5. The Labute approximate surface area is 119 Å². The molecule has 0 heterocycles. The molecule has 3 atom stereocenters. The van der Waals surface area contributed by atoms with Crippen molar-refractivity contribution in [1.82, 2.24) is 0 Å². The lowest BCUT2D eigenvalue weighted by Gasteiger charge is -2.15. The van der Waals surface area contributed by atoms with E-state index >= 15 is 0 Å². The molecule has 1 fully saturated rings. The molecular weight excluding hydrogens is 281 g/mol. The highest BCUT2D eigenvalue weighted by atomic mass is 32.2. The molecule has 0 radical (unpaired) electrons. The highest BCUT2D eigenvalue weighted by Crippen LogP contribution is 2.62. The molecule has 0 unspecified atom stereocenters. The van der Waals surface area contributed by atoms with Gasteiger partial charge in [-0.25, -0.2) is 12.8 Å². The van der Waals surface area contributed by atoms with Gasteiger partial charge in [-0.2, -0.15) is 0 Å². The number of hydrogen-bond acceptors (Lipinski definition) is 4. The fourth-order valence-corrected chi connectivity index (χ4v) is 5.11. The molecule has 1 saturated carbocycles. The smallest absolute Gasteiger partial charge is 0.151 e. The predicted octanol–water partition coefficient (Wildman–Crippen LogP) is 1.32. The second-order valence-corrected chi connectivity index (χ2v) is 7.52. The third kappa shape index (κ3) is 2.60. The monoisotopic (exact) mass is 301 g/mol. The maximum atomic E-state index is 13.4. The SMILES string of the molecule is CCOC[C@@]1(CN)[C@@H](c2cccc(F)c2)[C@@H]1S(C)(=O)=O. The number of ether oxygens (including phenoxy) is 1. The minimum absolute atomic E-state index is 0.200. The van der Waals surface area contributed by atoms with Crippen LogP contribution in [0.25, 0.3) is 0 Å². The second kappa shape index (κ2) is 5.42. The third-order valence-electron chi connectivity index (χ3n) is 4.00. The van der Waals surface area contributed by atoms with Gasteiger partial charge >= 0.3 is 0 Å². The van der Waals surface area contributed by atoms with E-state index in [1.54, 1.807) is 12.1 Å². The van der Waals surface area contributed by atoms with Crippen molar-refractivity contribution in [3.05, 3.63) is 35.6 Å². The molecule has 1 aromatic rings. The summed E-state index contributed by atoms with van der Waals surface area (Å²) in [5.74, 6) is -0.672. The quantitative estimate of drug-likeness (QED) is 0.860. The summed E-state index contributed by atoms with van der Waals surface area (Å²) in [4.78, 5) is 0. The fourth-order valence-electron chi connectivity index (χ4n) is 3.10. The number of rotatable bonds is 6. The van der Waals surface area contributed by atoms with Gasteiger partial charge in [0.1, 0.15) is 5.82 Å². The number of benzene rings is 1. The highest BCUT2D eigenvalue weighted by molar-refractivity contribution is 7.91. The fraction of sp³-hybridized carbons (Fsp3) is 0.571. The summed E-state index contributed by atoms with van der Waals surface area (Å²) < 4.78 is 42.8. The molecule has 0 saturated heterocycles. The molecule has 0 spiro atoms. The topological polar surface area (TPSA) is 69.4 Å². The van der Waals surface area contributed by atoms with E-state index in [1.165, 1.54) is 18.4 Å². The lowest BCUT2D eigenvalue weighted by molar-refractivity contribution is 0.101. The lowest BCUT2D eigenvalue weighted by atomic mass is 10.00. The first-order valence-electron chi connectivity index (χ1n) is 6.59. The molecule has 0 bridgehead atoms. The van der Waals surface area contributed by atoms with Crippen LogP contribution in [0.4, 0.5) is 4.39 Å². The summed E-state index contributed by atoms with van der Waals surface area (Å²) in [6, 6.07) is 6.06. The Balaban J connectivity index is 2.39. The molecule has 1 aliphatic carbocycles. The molecule has 0 aromatic heterocycles. The average molecular weight is 301 g/mol. The van der Waals surface area contributed by atoms with Crippen molar-refractivity contribution in [3.63, 3.8) is 0 Å². The maximum Gasteiger partial charge on any atom is 0.151 e. The molecule has 1 aliphatic rings. The largest absolute Gasteiger partial charge is 0.381 e. The number of halogens is 1. The molecule has 0 aliphatic heterocycles. The third-order valence-corrected chi connectivity index (χ3v) is 5.67. The summed E-state index contributed by atoms with van der Waals surface area (Å²) in [6.45, 7) is 2.82. The molecule has 20 heavy (non-hydrogen) atoms. The number of hydrogen-bond donors (Lipinski definition) is 1. The van der Waals surface area contributed by atoms with Crippen LogP contribution in [-0.2, 0) is 14.6 Å². The predicted molar refractivity (Wildman–Crippen MR) is 75.8 cm³/mol. The molecule has 6 heteroatoms. The first-order valence-corrected chi connectivity index (χ1v) is 8.54. The van der Waals surface area contributed by atoms with Crippen molar-refractivity contribution >= 4 is 9.84 Å². The Morgan fingerprint density at radius 2 is 2.15 bits per heavy atom. The Kier molecular flexibility index (Phi) is 4.18. The van der Waals surface area contributed by atoms with E-state index in [4.69, 9.17) is 10.5 Å². The van der Waals surface area contributed by atoms with E-state index in [1.807, 2.05) is 6.92 Å². The van der Waals surface area contributed by atoms with Gasteiger partial charge in [-0.1, -0.05) is 12.1 Å². The summed E-state index contributed by atoms with van der Waals surface area (Å²) >= 11 is 0. The van der Waals surface area contributed by atoms with E-state index < -0.39 is 20.5 Å². The van der Waals surface area contributed by atoms with E-state index in [-0.39, 0.29) is 24.9 Å². The Bertz CT molecular complexity index is 590. The van der Waals surface area contributed by atoms with Crippen LogP contribution in [0.1, 0.15) is 18.4 Å². The lowest BCUT2D eigenvalue weighted by Crippen LogP contribution is -2.28. The highest BCUT2D eigenvalue weighted by Gasteiger charge is 2.69. The van der Waals surface area contributed by atoms with Crippen LogP contribution in [0.15, 0.2) is 24.3 Å². The van der Waals surface area contributed by atoms with Crippen molar-refractivity contribution in [2.45, 2.75) is 18.1 Å². The van der Waals surface area contributed by atoms with Gasteiger partial charge in [-0.15, -0.1) is 0 Å². The minimum Gasteiger partial charge on any atom is -0.381 e. The van der Waals surface area contributed by atoms with Gasteiger partial charge in [0.25, 0.3) is 0 Å². The van der Waals surface area contributed by atoms with Crippen molar-refractivity contribution in [1.29, 1.82) is 0 Å². The average Bonchev–Trinajstić information content (AvgIpc) is 3.06. The van der Waals surface area contributed by atoms with Gasteiger partial charge in [0.2, 0.25) is 0 Å². The van der Waals surface area contributed by atoms with Gasteiger partial charge in [-0.05, 0) is 24.6 Å². The van der Waals surface area contributed by atoms with Crippen LogP contribution >= 0.6 is 0 Å². The zero-order valence-electron chi connectivity index (χ0n) is 11.7. The molecule has 2 rings (SSSR count). The molecule has 0 amide bonds. The van der Waals surface area contributed by atoms with E-state index in [2.05, 4.69) is 0 Å². The van der Waals surface area contributed by atoms with Crippen molar-refractivity contribution in [2.24, 2.45) is 11.1 Å². The van der Waals surface area contributed by atoms with Crippen LogP contribution in [0.5, 0.6) is 0 Å². The Hall–Kier alpha value is -0.980. The Morgan fingerprint density at radius 1 is 1.45 bits per heavy atom. The van der Waals surface area contributed by atoms with E-state index in [0.717, 1.165) is 0 Å². The van der Waals surface area contributed by atoms with Crippen LogP contribution < -0.4 is 5.73 Å². The Morgan fingerprint density at radius 3 is 2.65 bits per heavy atom. The van der Waals surface area contributed by atoms with Crippen LogP contribution in [-0.4, -0.2) is 39.7 Å². The van der Waals surface area contributed by atoms with Crippen molar-refractivity contribution in [3.8, 4) is 0 Å². The summed E-state index contributed by atoms with van der Waals surface area (Å²) in [7, 11) is -3.27. The number of nitrogens with two attached hydrogens (primary N) is 1. The zero-order chi connectivity index (χ0) is 15.0. The molecule has 1 aromatic carbocycles.